The number of halogens is 1. The summed E-state index contributed by atoms with van der Waals surface area (Å²) in [6, 6.07) is 4.20. The normalized spacial score (nSPS) is 11.9. The lowest BCUT2D eigenvalue weighted by Crippen LogP contribution is -2.18. The van der Waals surface area contributed by atoms with Crippen molar-refractivity contribution in [3.63, 3.8) is 0 Å². The molecule has 3 heteroatoms. The van der Waals surface area contributed by atoms with Crippen LogP contribution in [-0.2, 0) is 6.42 Å². The van der Waals surface area contributed by atoms with Gasteiger partial charge in [0.1, 0.15) is 5.75 Å². The van der Waals surface area contributed by atoms with E-state index in [1.807, 2.05) is 19.9 Å². The molecule has 0 aromatic heterocycles. The Kier molecular flexibility index (Phi) is 5.54. The second-order valence-electron chi connectivity index (χ2n) is 4.19. The Labute approximate surface area is 112 Å². The van der Waals surface area contributed by atoms with Gasteiger partial charge in [-0.05, 0) is 43.5 Å². The molecule has 2 nitrogen and oxygen atoms in total. The first-order valence-corrected chi connectivity index (χ1v) is 6.44. The highest BCUT2D eigenvalue weighted by Gasteiger charge is 2.10. The van der Waals surface area contributed by atoms with Crippen LogP contribution in [0.4, 0.5) is 0 Å². The second kappa shape index (κ2) is 6.68. The molecule has 0 bridgehead atoms. The van der Waals surface area contributed by atoms with Crippen LogP contribution in [0.25, 0.3) is 0 Å². The molecule has 1 aromatic carbocycles. The maximum absolute atomic E-state index is 5.85. The maximum atomic E-state index is 5.85. The van der Waals surface area contributed by atoms with Gasteiger partial charge in [-0.25, -0.2) is 0 Å². The summed E-state index contributed by atoms with van der Waals surface area (Å²) in [5.74, 6) is 3.49. The lowest BCUT2D eigenvalue weighted by molar-refractivity contribution is 0.321. The van der Waals surface area contributed by atoms with Gasteiger partial charge in [-0.1, -0.05) is 15.9 Å². The molecule has 0 fully saturated rings. The van der Waals surface area contributed by atoms with E-state index in [9.17, 15) is 0 Å². The van der Waals surface area contributed by atoms with E-state index in [2.05, 4.69) is 27.9 Å². The summed E-state index contributed by atoms with van der Waals surface area (Å²) in [7, 11) is 0. The summed E-state index contributed by atoms with van der Waals surface area (Å²) in [6.07, 6.45) is 6.63. The van der Waals surface area contributed by atoms with Crippen molar-refractivity contribution in [1.82, 2.24) is 0 Å². The fraction of sp³-hybridized carbons (Fsp3) is 0.429. The van der Waals surface area contributed by atoms with Crippen LogP contribution in [0.5, 0.6) is 5.75 Å². The van der Waals surface area contributed by atoms with E-state index in [0.29, 0.717) is 13.0 Å². The van der Waals surface area contributed by atoms with Gasteiger partial charge in [0.2, 0.25) is 0 Å². The van der Waals surface area contributed by atoms with E-state index in [1.54, 1.807) is 0 Å². The Morgan fingerprint density at radius 1 is 1.53 bits per heavy atom. The summed E-state index contributed by atoms with van der Waals surface area (Å²) in [5, 5.41) is 0. The zero-order valence-corrected chi connectivity index (χ0v) is 11.9. The first kappa shape index (κ1) is 14.1. The predicted octanol–water partition coefficient (Wildman–Crippen LogP) is 3.05. The zero-order valence-electron chi connectivity index (χ0n) is 10.3. The van der Waals surface area contributed by atoms with Gasteiger partial charge >= 0.3 is 0 Å². The smallest absolute Gasteiger partial charge is 0.125 e. The van der Waals surface area contributed by atoms with E-state index in [0.717, 1.165) is 27.8 Å². The quantitative estimate of drug-likeness (QED) is 0.669. The molecule has 0 aliphatic rings. The lowest BCUT2D eigenvalue weighted by Gasteiger charge is -2.15. The molecule has 1 rings (SSSR count). The van der Waals surface area contributed by atoms with E-state index in [4.69, 9.17) is 16.9 Å². The summed E-state index contributed by atoms with van der Waals surface area (Å²) in [6.45, 7) is 4.56. The molecule has 0 heterocycles. The van der Waals surface area contributed by atoms with Gasteiger partial charge in [-0.15, -0.1) is 12.3 Å². The molecule has 0 saturated carbocycles. The Morgan fingerprint density at radius 2 is 2.24 bits per heavy atom. The number of benzene rings is 1. The number of hydrogen-bond acceptors (Lipinski definition) is 2. The lowest BCUT2D eigenvalue weighted by atomic mass is 10.0. The molecule has 0 amide bonds. The van der Waals surface area contributed by atoms with Crippen molar-refractivity contribution in [3.05, 3.63) is 27.7 Å². The minimum absolute atomic E-state index is 0.110. The number of ether oxygens (including phenoxy) is 1. The average molecular weight is 296 g/mol. The van der Waals surface area contributed by atoms with Crippen molar-refractivity contribution in [1.29, 1.82) is 0 Å². The highest BCUT2D eigenvalue weighted by Crippen LogP contribution is 2.29. The monoisotopic (exact) mass is 295 g/mol. The molecule has 2 N–H and O–H groups in total. The van der Waals surface area contributed by atoms with E-state index in [-0.39, 0.29) is 6.04 Å². The van der Waals surface area contributed by atoms with Crippen molar-refractivity contribution < 1.29 is 4.74 Å². The van der Waals surface area contributed by atoms with Crippen LogP contribution in [0.2, 0.25) is 0 Å². The molecular formula is C14H18BrNO. The zero-order chi connectivity index (χ0) is 12.8. The van der Waals surface area contributed by atoms with Crippen LogP contribution >= 0.6 is 15.9 Å². The van der Waals surface area contributed by atoms with Crippen molar-refractivity contribution in [3.8, 4) is 18.1 Å². The molecule has 1 atom stereocenters. The molecule has 0 aliphatic carbocycles. The van der Waals surface area contributed by atoms with Gasteiger partial charge in [0.05, 0.1) is 6.61 Å². The summed E-state index contributed by atoms with van der Waals surface area (Å²) in [4.78, 5) is 0. The minimum Gasteiger partial charge on any atom is -0.492 e. The molecule has 0 aliphatic heterocycles. The largest absolute Gasteiger partial charge is 0.492 e. The molecule has 0 spiro atoms. The van der Waals surface area contributed by atoms with Crippen molar-refractivity contribution in [2.45, 2.75) is 32.7 Å². The molecule has 17 heavy (non-hydrogen) atoms. The second-order valence-corrected chi connectivity index (χ2v) is 5.11. The van der Waals surface area contributed by atoms with E-state index >= 15 is 0 Å². The molecule has 0 radical (unpaired) electrons. The Balaban J connectivity index is 2.95. The molecule has 1 aromatic rings. The van der Waals surface area contributed by atoms with Crippen LogP contribution in [0, 0.1) is 19.3 Å². The Bertz CT molecular complexity index is 421. The van der Waals surface area contributed by atoms with Gasteiger partial charge in [-0.3, -0.25) is 0 Å². The first-order chi connectivity index (χ1) is 8.04. The fourth-order valence-electron chi connectivity index (χ4n) is 1.72. The van der Waals surface area contributed by atoms with Gasteiger partial charge in [-0.2, -0.15) is 0 Å². The topological polar surface area (TPSA) is 35.2 Å². The SMILES string of the molecule is C#CCCOc1c(C)cc(Br)cc1CC(C)N. The van der Waals surface area contributed by atoms with Crippen molar-refractivity contribution in [2.24, 2.45) is 5.73 Å². The summed E-state index contributed by atoms with van der Waals surface area (Å²) < 4.78 is 6.80. The van der Waals surface area contributed by atoms with Crippen molar-refractivity contribution in [2.75, 3.05) is 6.61 Å². The molecule has 92 valence electrons. The predicted molar refractivity (Wildman–Crippen MR) is 75.2 cm³/mol. The number of rotatable bonds is 5. The Morgan fingerprint density at radius 3 is 2.82 bits per heavy atom. The highest BCUT2D eigenvalue weighted by atomic mass is 79.9. The number of hydrogen-bond donors (Lipinski definition) is 1. The minimum atomic E-state index is 0.110. The third kappa shape index (κ3) is 4.41. The molecule has 0 saturated heterocycles. The molecular weight excluding hydrogens is 278 g/mol. The Hall–Kier alpha value is -0.980. The third-order valence-electron chi connectivity index (χ3n) is 2.35. The number of nitrogens with two attached hydrogens (primary N) is 1. The van der Waals surface area contributed by atoms with Gasteiger partial charge in [0.25, 0.3) is 0 Å². The van der Waals surface area contributed by atoms with E-state index in [1.165, 1.54) is 0 Å². The van der Waals surface area contributed by atoms with Gasteiger partial charge in [0, 0.05) is 16.9 Å². The van der Waals surface area contributed by atoms with Gasteiger partial charge < -0.3 is 10.5 Å². The number of aryl methyl sites for hydroxylation is 1. The van der Waals surface area contributed by atoms with Gasteiger partial charge in [0.15, 0.2) is 0 Å². The summed E-state index contributed by atoms with van der Waals surface area (Å²) in [5.41, 5.74) is 8.08. The molecule has 1 unspecified atom stereocenters. The summed E-state index contributed by atoms with van der Waals surface area (Å²) >= 11 is 3.49. The first-order valence-electron chi connectivity index (χ1n) is 5.65. The fourth-order valence-corrected chi connectivity index (χ4v) is 2.34. The number of terminal acetylenes is 1. The van der Waals surface area contributed by atoms with Crippen LogP contribution in [0.3, 0.4) is 0 Å². The van der Waals surface area contributed by atoms with Crippen LogP contribution in [-0.4, -0.2) is 12.6 Å². The highest BCUT2D eigenvalue weighted by molar-refractivity contribution is 9.10. The van der Waals surface area contributed by atoms with E-state index < -0.39 is 0 Å². The maximum Gasteiger partial charge on any atom is 0.125 e. The third-order valence-corrected chi connectivity index (χ3v) is 2.81. The van der Waals surface area contributed by atoms with Crippen LogP contribution in [0.15, 0.2) is 16.6 Å². The van der Waals surface area contributed by atoms with Crippen molar-refractivity contribution >= 4 is 15.9 Å². The van der Waals surface area contributed by atoms with Crippen LogP contribution in [0.1, 0.15) is 24.5 Å². The average Bonchev–Trinajstić information content (AvgIpc) is 2.21. The van der Waals surface area contributed by atoms with Crippen LogP contribution < -0.4 is 10.5 Å². The standard InChI is InChI=1S/C14H18BrNO/c1-4-5-6-17-14-10(2)7-13(15)9-12(14)8-11(3)16/h1,7,9,11H,5-6,8,16H2,2-3H3.